The second-order valence-electron chi connectivity index (χ2n) is 10.4. The van der Waals surface area contributed by atoms with Crippen LogP contribution in [0, 0.1) is 13.8 Å². The lowest BCUT2D eigenvalue weighted by Gasteiger charge is -2.32. The Balaban J connectivity index is 2.09. The van der Waals surface area contributed by atoms with Gasteiger partial charge in [0.15, 0.2) is 11.5 Å². The first-order valence-electron chi connectivity index (χ1n) is 13.9. The fourth-order valence-corrected chi connectivity index (χ4v) is 5.97. The van der Waals surface area contributed by atoms with Crippen molar-refractivity contribution in [2.75, 3.05) is 25.1 Å². The number of carbonyl (C=O) groups is 2. The molecule has 0 aromatic heterocycles. The van der Waals surface area contributed by atoms with Gasteiger partial charge in [0, 0.05) is 18.7 Å². The maximum absolute atomic E-state index is 14.2. The molecule has 0 heterocycles. The first-order valence-corrected chi connectivity index (χ1v) is 15.3. The summed E-state index contributed by atoms with van der Waals surface area (Å²) >= 11 is 0. The molecule has 0 unspecified atom stereocenters. The number of nitrogens with one attached hydrogen (secondary N) is 1. The predicted molar refractivity (Wildman–Crippen MR) is 164 cm³/mol. The van der Waals surface area contributed by atoms with Gasteiger partial charge in [-0.25, -0.2) is 8.42 Å². The van der Waals surface area contributed by atoms with Gasteiger partial charge < -0.3 is 19.7 Å². The Kier molecular flexibility index (Phi) is 11.0. The van der Waals surface area contributed by atoms with E-state index in [0.29, 0.717) is 11.4 Å². The normalized spacial score (nSPS) is 12.6. The third-order valence-electron chi connectivity index (χ3n) is 7.08. The molecule has 0 aliphatic carbocycles. The van der Waals surface area contributed by atoms with Gasteiger partial charge in [-0.2, -0.15) is 0 Å². The zero-order valence-electron chi connectivity index (χ0n) is 25.4. The molecule has 0 spiro atoms. The van der Waals surface area contributed by atoms with Gasteiger partial charge in [0.2, 0.25) is 11.8 Å². The molecule has 42 heavy (non-hydrogen) atoms. The monoisotopic (exact) mass is 595 g/mol. The number of amides is 2. The standard InChI is InChI=1S/C32H41N3O6S/c1-8-24(4)33-32(37)25(5)34(20-26-12-10-9-11-13-26)31(36)21-35(27-17-22(2)16-23(3)18-27)42(38,39)28-14-15-29(40-6)30(19-28)41-7/h9-19,24-25H,8,20-21H2,1-7H3,(H,33,37)/t24-,25-/m1/s1. The van der Waals surface area contributed by atoms with Crippen LogP contribution in [-0.4, -0.2) is 58.0 Å². The van der Waals surface area contributed by atoms with Crippen molar-refractivity contribution >= 4 is 27.5 Å². The smallest absolute Gasteiger partial charge is 0.264 e. The van der Waals surface area contributed by atoms with E-state index in [1.165, 1.54) is 37.3 Å². The molecule has 0 radical (unpaired) electrons. The number of rotatable bonds is 13. The van der Waals surface area contributed by atoms with Crippen molar-refractivity contribution in [3.05, 3.63) is 83.4 Å². The Hall–Kier alpha value is -4.05. The Bertz CT molecular complexity index is 1470. The van der Waals surface area contributed by atoms with Gasteiger partial charge >= 0.3 is 0 Å². The van der Waals surface area contributed by atoms with Crippen LogP contribution in [0.2, 0.25) is 0 Å². The molecule has 226 valence electrons. The van der Waals surface area contributed by atoms with Gasteiger partial charge in [-0.05, 0) is 75.1 Å². The van der Waals surface area contributed by atoms with Crippen LogP contribution in [0.3, 0.4) is 0 Å². The molecule has 0 bridgehead atoms. The van der Waals surface area contributed by atoms with E-state index in [1.807, 2.05) is 64.1 Å². The minimum absolute atomic E-state index is 0.0655. The summed E-state index contributed by atoms with van der Waals surface area (Å²) in [6.45, 7) is 8.85. The van der Waals surface area contributed by atoms with Crippen molar-refractivity contribution in [1.82, 2.24) is 10.2 Å². The Morgan fingerprint density at radius 3 is 2.07 bits per heavy atom. The summed E-state index contributed by atoms with van der Waals surface area (Å²) < 4.78 is 40.1. The molecule has 2 amide bonds. The van der Waals surface area contributed by atoms with E-state index in [-0.39, 0.29) is 29.1 Å². The first-order chi connectivity index (χ1) is 19.9. The highest BCUT2D eigenvalue weighted by molar-refractivity contribution is 7.92. The maximum Gasteiger partial charge on any atom is 0.264 e. The van der Waals surface area contributed by atoms with Gasteiger partial charge in [-0.15, -0.1) is 0 Å². The zero-order chi connectivity index (χ0) is 31.0. The van der Waals surface area contributed by atoms with Crippen LogP contribution in [-0.2, 0) is 26.2 Å². The molecule has 3 aromatic carbocycles. The van der Waals surface area contributed by atoms with Crippen LogP contribution in [0.15, 0.2) is 71.6 Å². The average molecular weight is 596 g/mol. The summed E-state index contributed by atoms with van der Waals surface area (Å²) in [4.78, 5) is 28.6. The molecule has 10 heteroatoms. The Morgan fingerprint density at radius 2 is 1.50 bits per heavy atom. The summed E-state index contributed by atoms with van der Waals surface area (Å²) in [6.07, 6.45) is 0.731. The van der Waals surface area contributed by atoms with Crippen LogP contribution in [0.4, 0.5) is 5.69 Å². The molecule has 1 N–H and O–H groups in total. The Morgan fingerprint density at radius 1 is 0.881 bits per heavy atom. The fraction of sp³-hybridized carbons (Fsp3) is 0.375. The van der Waals surface area contributed by atoms with Crippen molar-refractivity contribution in [3.8, 4) is 11.5 Å². The number of sulfonamides is 1. The van der Waals surface area contributed by atoms with Crippen LogP contribution in [0.25, 0.3) is 0 Å². The van der Waals surface area contributed by atoms with E-state index < -0.39 is 28.5 Å². The molecule has 0 saturated heterocycles. The number of nitrogens with zero attached hydrogens (tertiary/aromatic N) is 2. The van der Waals surface area contributed by atoms with Crippen molar-refractivity contribution in [2.24, 2.45) is 0 Å². The number of methoxy groups -OCH3 is 2. The van der Waals surface area contributed by atoms with E-state index in [2.05, 4.69) is 5.32 Å². The topological polar surface area (TPSA) is 105 Å². The predicted octanol–water partition coefficient (Wildman–Crippen LogP) is 4.85. The number of carbonyl (C=O) groups excluding carboxylic acids is 2. The van der Waals surface area contributed by atoms with E-state index in [9.17, 15) is 18.0 Å². The van der Waals surface area contributed by atoms with Crippen molar-refractivity contribution in [1.29, 1.82) is 0 Å². The Labute approximate surface area is 249 Å². The van der Waals surface area contributed by atoms with Crippen molar-refractivity contribution < 1.29 is 27.5 Å². The van der Waals surface area contributed by atoms with E-state index in [0.717, 1.165) is 27.4 Å². The van der Waals surface area contributed by atoms with E-state index >= 15 is 0 Å². The largest absolute Gasteiger partial charge is 0.493 e. The minimum atomic E-state index is -4.27. The lowest BCUT2D eigenvalue weighted by atomic mass is 10.1. The molecule has 0 fully saturated rings. The molecular weight excluding hydrogens is 554 g/mol. The summed E-state index contributed by atoms with van der Waals surface area (Å²) in [5.41, 5.74) is 2.83. The van der Waals surface area contributed by atoms with E-state index in [1.54, 1.807) is 19.1 Å². The number of hydrogen-bond donors (Lipinski definition) is 1. The van der Waals surface area contributed by atoms with Gasteiger partial charge in [-0.3, -0.25) is 13.9 Å². The van der Waals surface area contributed by atoms with Crippen LogP contribution in [0.5, 0.6) is 11.5 Å². The van der Waals surface area contributed by atoms with Crippen LogP contribution in [0.1, 0.15) is 43.9 Å². The third kappa shape index (κ3) is 7.82. The van der Waals surface area contributed by atoms with Gasteiger partial charge in [0.1, 0.15) is 12.6 Å². The summed E-state index contributed by atoms with van der Waals surface area (Å²) in [6, 6.07) is 18.0. The third-order valence-corrected chi connectivity index (χ3v) is 8.85. The molecule has 0 saturated carbocycles. The second-order valence-corrected chi connectivity index (χ2v) is 12.2. The summed E-state index contributed by atoms with van der Waals surface area (Å²) in [7, 11) is -1.38. The molecule has 9 nitrogen and oxygen atoms in total. The van der Waals surface area contributed by atoms with Crippen molar-refractivity contribution in [3.63, 3.8) is 0 Å². The molecule has 0 aliphatic heterocycles. The number of ether oxygens (including phenoxy) is 2. The minimum Gasteiger partial charge on any atom is -0.493 e. The number of anilines is 1. The quantitative estimate of drug-likeness (QED) is 0.303. The molecule has 2 atom stereocenters. The number of hydrogen-bond acceptors (Lipinski definition) is 6. The van der Waals surface area contributed by atoms with Crippen LogP contribution >= 0.6 is 0 Å². The lowest BCUT2D eigenvalue weighted by Crippen LogP contribution is -2.52. The first kappa shape index (κ1) is 32.5. The zero-order valence-corrected chi connectivity index (χ0v) is 26.2. The summed E-state index contributed by atoms with van der Waals surface area (Å²) in [5.74, 6) is -0.213. The lowest BCUT2D eigenvalue weighted by molar-refractivity contribution is -0.139. The highest BCUT2D eigenvalue weighted by atomic mass is 32.2. The molecule has 3 aromatic rings. The number of aryl methyl sites for hydroxylation is 2. The maximum atomic E-state index is 14.2. The highest BCUT2D eigenvalue weighted by Crippen LogP contribution is 2.33. The summed E-state index contributed by atoms with van der Waals surface area (Å²) in [5, 5.41) is 2.94. The van der Waals surface area contributed by atoms with Crippen LogP contribution < -0.4 is 19.1 Å². The average Bonchev–Trinajstić information content (AvgIpc) is 2.97. The molecule has 0 aliphatic rings. The van der Waals surface area contributed by atoms with Gasteiger partial charge in [-0.1, -0.05) is 43.3 Å². The molecular formula is C32H41N3O6S. The van der Waals surface area contributed by atoms with E-state index in [4.69, 9.17) is 9.47 Å². The van der Waals surface area contributed by atoms with Gasteiger partial charge in [0.05, 0.1) is 24.8 Å². The van der Waals surface area contributed by atoms with Crippen molar-refractivity contribution in [2.45, 2.75) is 64.6 Å². The highest BCUT2D eigenvalue weighted by Gasteiger charge is 2.33. The fourth-order valence-electron chi connectivity index (χ4n) is 4.56. The molecule has 3 rings (SSSR count). The number of benzene rings is 3. The van der Waals surface area contributed by atoms with Gasteiger partial charge in [0.25, 0.3) is 10.0 Å². The second kappa shape index (κ2) is 14.2. The SMILES string of the molecule is CC[C@@H](C)NC(=O)[C@@H](C)N(Cc1ccccc1)C(=O)CN(c1cc(C)cc(C)c1)S(=O)(=O)c1ccc(OC)c(OC)c1.